The maximum Gasteiger partial charge on any atom is 0.446 e. The van der Waals surface area contributed by atoms with Crippen molar-refractivity contribution in [1.82, 2.24) is 0 Å². The van der Waals surface area contributed by atoms with Crippen LogP contribution in [0.3, 0.4) is 0 Å². The van der Waals surface area contributed by atoms with Gasteiger partial charge in [0.1, 0.15) is 6.10 Å². The van der Waals surface area contributed by atoms with Gasteiger partial charge in [-0.1, -0.05) is 26.0 Å². The summed E-state index contributed by atoms with van der Waals surface area (Å²) >= 11 is -0.168. The van der Waals surface area contributed by atoms with Crippen LogP contribution in [0.2, 0.25) is 0 Å². The molecule has 0 saturated carbocycles. The van der Waals surface area contributed by atoms with E-state index in [9.17, 15) is 18.0 Å². The Morgan fingerprint density at radius 1 is 1.19 bits per heavy atom. The highest BCUT2D eigenvalue weighted by Crippen LogP contribution is 2.37. The molecule has 1 aromatic rings. The fraction of sp³-hybridized carbons (Fsp3) is 0.533. The molecule has 1 unspecified atom stereocenters. The minimum Gasteiger partial charge on any atom is -0.366 e. The van der Waals surface area contributed by atoms with Gasteiger partial charge in [-0.2, -0.15) is 13.2 Å². The molecule has 1 rings (SSSR count). The molecule has 0 aliphatic carbocycles. The Morgan fingerprint density at radius 3 is 2.29 bits per heavy atom. The van der Waals surface area contributed by atoms with E-state index in [1.165, 1.54) is 24.3 Å². The molecule has 118 valence electrons. The van der Waals surface area contributed by atoms with Crippen molar-refractivity contribution < 1.29 is 22.7 Å². The highest BCUT2D eigenvalue weighted by atomic mass is 32.2. The molecule has 0 aromatic heterocycles. The largest absolute Gasteiger partial charge is 0.446 e. The molecule has 0 heterocycles. The van der Waals surface area contributed by atoms with Gasteiger partial charge in [0.25, 0.3) is 0 Å². The van der Waals surface area contributed by atoms with Crippen LogP contribution in [0.15, 0.2) is 29.2 Å². The van der Waals surface area contributed by atoms with Gasteiger partial charge in [-0.25, -0.2) is 0 Å². The molecule has 0 spiro atoms. The molecule has 0 N–H and O–H groups in total. The topological polar surface area (TPSA) is 26.3 Å². The lowest BCUT2D eigenvalue weighted by molar-refractivity contribution is -0.131. The number of carbonyl (C=O) groups is 1. The van der Waals surface area contributed by atoms with Gasteiger partial charge < -0.3 is 4.74 Å². The Hall–Kier alpha value is -1.01. The van der Waals surface area contributed by atoms with E-state index in [4.69, 9.17) is 4.74 Å². The Bertz CT molecular complexity index is 443. The van der Waals surface area contributed by atoms with Gasteiger partial charge in [-0.3, -0.25) is 4.79 Å². The maximum absolute atomic E-state index is 12.3. The number of ether oxygens (including phenoxy) is 1. The second kappa shape index (κ2) is 8.44. The number of alkyl halides is 3. The Morgan fingerprint density at radius 2 is 1.81 bits per heavy atom. The number of thioether (sulfide) groups is 1. The average Bonchev–Trinajstić information content (AvgIpc) is 2.39. The number of hydrogen-bond acceptors (Lipinski definition) is 3. The normalized spacial score (nSPS) is 13.2. The highest BCUT2D eigenvalue weighted by Gasteiger charge is 2.29. The molecule has 0 saturated heterocycles. The van der Waals surface area contributed by atoms with Crippen LogP contribution in [0.25, 0.3) is 0 Å². The standard InChI is InChI=1S/C15H19F3O2S/c1-3-5-13(19)14(20-10-4-2)11-6-8-12(9-7-11)21-15(16,17)18/h6-9,14H,3-5,10H2,1-2H3. The predicted molar refractivity (Wildman–Crippen MR) is 77.3 cm³/mol. The number of rotatable bonds is 8. The highest BCUT2D eigenvalue weighted by molar-refractivity contribution is 8.00. The number of carbonyl (C=O) groups excluding carboxylic acids is 1. The molecular formula is C15H19F3O2S. The number of hydrogen-bond donors (Lipinski definition) is 0. The Labute approximate surface area is 127 Å². The molecule has 0 aliphatic heterocycles. The number of Topliss-reactive ketones (excluding diaryl/α,β-unsaturated/α-hetero) is 1. The van der Waals surface area contributed by atoms with Gasteiger partial charge in [-0.15, -0.1) is 0 Å². The molecule has 6 heteroatoms. The van der Waals surface area contributed by atoms with Gasteiger partial charge in [0, 0.05) is 17.9 Å². The number of benzene rings is 1. The molecular weight excluding hydrogens is 301 g/mol. The lowest BCUT2D eigenvalue weighted by Crippen LogP contribution is -2.16. The average molecular weight is 320 g/mol. The summed E-state index contributed by atoms with van der Waals surface area (Å²) in [4.78, 5) is 12.2. The van der Waals surface area contributed by atoms with Crippen molar-refractivity contribution in [2.24, 2.45) is 0 Å². The molecule has 0 radical (unpaired) electrons. The summed E-state index contributed by atoms with van der Waals surface area (Å²) in [5.74, 6) is -0.0397. The summed E-state index contributed by atoms with van der Waals surface area (Å²) in [6.07, 6.45) is 1.20. The third kappa shape index (κ3) is 6.52. The summed E-state index contributed by atoms with van der Waals surface area (Å²) < 4.78 is 42.4. The van der Waals surface area contributed by atoms with Crippen LogP contribution in [0.5, 0.6) is 0 Å². The molecule has 0 bridgehead atoms. The molecule has 21 heavy (non-hydrogen) atoms. The smallest absolute Gasteiger partial charge is 0.366 e. The summed E-state index contributed by atoms with van der Waals surface area (Å²) in [7, 11) is 0. The first kappa shape index (κ1) is 18.0. The van der Waals surface area contributed by atoms with Crippen molar-refractivity contribution in [3.63, 3.8) is 0 Å². The van der Waals surface area contributed by atoms with E-state index in [1.807, 2.05) is 13.8 Å². The third-order valence-electron chi connectivity index (χ3n) is 2.69. The molecule has 0 amide bonds. The lowest BCUT2D eigenvalue weighted by Gasteiger charge is -2.17. The third-order valence-corrected chi connectivity index (χ3v) is 3.43. The first-order valence-electron chi connectivity index (χ1n) is 6.87. The van der Waals surface area contributed by atoms with Crippen molar-refractivity contribution in [2.75, 3.05) is 6.61 Å². The summed E-state index contributed by atoms with van der Waals surface area (Å²) in [6.45, 7) is 4.28. The van der Waals surface area contributed by atoms with Crippen LogP contribution >= 0.6 is 11.8 Å². The van der Waals surface area contributed by atoms with E-state index in [0.29, 0.717) is 25.0 Å². The SMILES string of the molecule is CCCOC(C(=O)CCC)c1ccc(SC(F)(F)F)cc1. The second-order valence-corrected chi connectivity index (χ2v) is 5.72. The van der Waals surface area contributed by atoms with E-state index >= 15 is 0 Å². The van der Waals surface area contributed by atoms with Crippen molar-refractivity contribution in [3.8, 4) is 0 Å². The number of halogens is 3. The van der Waals surface area contributed by atoms with Crippen LogP contribution < -0.4 is 0 Å². The van der Waals surface area contributed by atoms with Crippen LogP contribution in [0.1, 0.15) is 44.8 Å². The van der Waals surface area contributed by atoms with Crippen LogP contribution in [0.4, 0.5) is 13.2 Å². The van der Waals surface area contributed by atoms with E-state index in [1.54, 1.807) is 0 Å². The van der Waals surface area contributed by atoms with Crippen LogP contribution in [-0.4, -0.2) is 17.9 Å². The van der Waals surface area contributed by atoms with Gasteiger partial charge >= 0.3 is 5.51 Å². The zero-order chi connectivity index (χ0) is 15.9. The monoisotopic (exact) mass is 320 g/mol. The van der Waals surface area contributed by atoms with Gasteiger partial charge in [-0.05, 0) is 42.3 Å². The molecule has 1 aromatic carbocycles. The van der Waals surface area contributed by atoms with E-state index < -0.39 is 11.6 Å². The van der Waals surface area contributed by atoms with Crippen molar-refractivity contribution in [1.29, 1.82) is 0 Å². The van der Waals surface area contributed by atoms with Crippen molar-refractivity contribution in [3.05, 3.63) is 29.8 Å². The lowest BCUT2D eigenvalue weighted by atomic mass is 10.0. The van der Waals surface area contributed by atoms with Crippen molar-refractivity contribution >= 4 is 17.5 Å². The first-order chi connectivity index (χ1) is 9.87. The van der Waals surface area contributed by atoms with Crippen LogP contribution in [-0.2, 0) is 9.53 Å². The fourth-order valence-corrected chi connectivity index (χ4v) is 2.37. The van der Waals surface area contributed by atoms with E-state index in [0.717, 1.165) is 6.42 Å². The van der Waals surface area contributed by atoms with Crippen molar-refractivity contribution in [2.45, 2.75) is 49.6 Å². The Balaban J connectivity index is 2.85. The van der Waals surface area contributed by atoms with Gasteiger partial charge in [0.15, 0.2) is 5.78 Å². The quantitative estimate of drug-likeness (QED) is 0.621. The summed E-state index contributed by atoms with van der Waals surface area (Å²) in [5, 5.41) is 0. The van der Waals surface area contributed by atoms with Gasteiger partial charge in [0.2, 0.25) is 0 Å². The minimum absolute atomic E-state index is 0.0397. The van der Waals surface area contributed by atoms with E-state index in [-0.39, 0.29) is 22.4 Å². The first-order valence-corrected chi connectivity index (χ1v) is 7.69. The zero-order valence-corrected chi connectivity index (χ0v) is 12.9. The molecule has 0 fully saturated rings. The fourth-order valence-electron chi connectivity index (χ4n) is 1.83. The molecule has 0 aliphatic rings. The van der Waals surface area contributed by atoms with Crippen LogP contribution in [0, 0.1) is 0 Å². The maximum atomic E-state index is 12.3. The minimum atomic E-state index is -4.31. The zero-order valence-electron chi connectivity index (χ0n) is 12.1. The molecule has 2 nitrogen and oxygen atoms in total. The number of ketones is 1. The summed E-state index contributed by atoms with van der Waals surface area (Å²) in [5.41, 5.74) is -3.70. The second-order valence-electron chi connectivity index (χ2n) is 4.58. The summed E-state index contributed by atoms with van der Waals surface area (Å²) in [6, 6.07) is 5.80. The van der Waals surface area contributed by atoms with Gasteiger partial charge in [0.05, 0.1) is 0 Å². The predicted octanol–water partition coefficient (Wildman–Crippen LogP) is 5.14. The molecule has 1 atom stereocenters. The Kier molecular flexibility index (Phi) is 7.25. The van der Waals surface area contributed by atoms with E-state index in [2.05, 4.69) is 0 Å².